The molecule has 0 spiro atoms. The lowest BCUT2D eigenvalue weighted by Gasteiger charge is -2.10. The molecule has 0 amide bonds. The summed E-state index contributed by atoms with van der Waals surface area (Å²) in [6, 6.07) is 30.4. The minimum absolute atomic E-state index is 0.394. The summed E-state index contributed by atoms with van der Waals surface area (Å²) in [6.07, 6.45) is 12.0. The van der Waals surface area contributed by atoms with Crippen molar-refractivity contribution < 1.29 is 9.47 Å². The second-order valence-electron chi connectivity index (χ2n) is 9.70. The Morgan fingerprint density at radius 3 is 2.61 bits per heavy atom. The molecule has 1 N–H and O–H groups in total. The Balaban J connectivity index is 1.27. The van der Waals surface area contributed by atoms with E-state index >= 15 is 0 Å². The second kappa shape index (κ2) is 11.8. The van der Waals surface area contributed by atoms with Crippen molar-refractivity contribution in [3.8, 4) is 17.2 Å². The van der Waals surface area contributed by atoms with E-state index in [1.807, 2.05) is 71.6 Å². The Kier molecular flexibility index (Phi) is 7.45. The van der Waals surface area contributed by atoms with Crippen LogP contribution in [-0.2, 0) is 6.61 Å². The van der Waals surface area contributed by atoms with E-state index in [2.05, 4.69) is 71.5 Å². The summed E-state index contributed by atoms with van der Waals surface area (Å²) in [5.41, 5.74) is 8.04. The highest BCUT2D eigenvalue weighted by atomic mass is 16.5. The first-order valence-electron chi connectivity index (χ1n) is 13.5. The first-order chi connectivity index (χ1) is 20.2. The smallest absolute Gasteiger partial charge is 0.130 e. The predicted molar refractivity (Wildman–Crippen MR) is 166 cm³/mol. The monoisotopic (exact) mass is 538 g/mol. The molecule has 3 aromatic carbocycles. The van der Waals surface area contributed by atoms with Crippen molar-refractivity contribution in [1.82, 2.24) is 19.7 Å². The van der Waals surface area contributed by atoms with E-state index in [9.17, 15) is 0 Å². The number of ether oxygens (including phenoxy) is 2. The van der Waals surface area contributed by atoms with Crippen molar-refractivity contribution in [2.24, 2.45) is 0 Å². The molecule has 0 saturated carbocycles. The minimum atomic E-state index is 0.394. The molecule has 0 aliphatic heterocycles. The molecule has 0 unspecified atom stereocenters. The van der Waals surface area contributed by atoms with Gasteiger partial charge in [-0.25, -0.2) is 4.68 Å². The second-order valence-corrected chi connectivity index (χ2v) is 9.70. The van der Waals surface area contributed by atoms with E-state index in [0.29, 0.717) is 6.61 Å². The van der Waals surface area contributed by atoms with Gasteiger partial charge in [0.2, 0.25) is 0 Å². The lowest BCUT2D eigenvalue weighted by atomic mass is 10.1. The Morgan fingerprint density at radius 2 is 1.76 bits per heavy atom. The van der Waals surface area contributed by atoms with Crippen molar-refractivity contribution >= 4 is 35.2 Å². The summed E-state index contributed by atoms with van der Waals surface area (Å²) in [6.45, 7) is 2.49. The average Bonchev–Trinajstić information content (AvgIpc) is 3.65. The summed E-state index contributed by atoms with van der Waals surface area (Å²) in [5.74, 6) is 1.44. The van der Waals surface area contributed by atoms with E-state index in [4.69, 9.17) is 14.6 Å². The van der Waals surface area contributed by atoms with Crippen molar-refractivity contribution in [2.45, 2.75) is 13.5 Å². The molecule has 6 aromatic rings. The Morgan fingerprint density at radius 1 is 0.854 bits per heavy atom. The number of hydrogen-bond acceptors (Lipinski definition) is 4. The number of methoxy groups -OCH3 is 1. The van der Waals surface area contributed by atoms with Gasteiger partial charge in [0.1, 0.15) is 18.1 Å². The van der Waals surface area contributed by atoms with E-state index in [1.54, 1.807) is 13.3 Å². The highest BCUT2D eigenvalue weighted by Gasteiger charge is 2.10. The van der Waals surface area contributed by atoms with Gasteiger partial charge >= 0.3 is 0 Å². The van der Waals surface area contributed by atoms with Crippen LogP contribution in [-0.4, -0.2) is 26.9 Å². The van der Waals surface area contributed by atoms with Gasteiger partial charge in [-0.2, -0.15) is 5.10 Å². The fourth-order valence-electron chi connectivity index (χ4n) is 4.69. The molecular weight excluding hydrogens is 508 g/mol. The minimum Gasteiger partial charge on any atom is -0.496 e. The number of hydrogen-bond donors (Lipinski definition) is 1. The molecule has 0 atom stereocenters. The molecule has 0 aliphatic rings. The van der Waals surface area contributed by atoms with E-state index in [0.717, 1.165) is 56.5 Å². The quantitative estimate of drug-likeness (QED) is 0.203. The number of para-hydroxylation sites is 1. The molecule has 6 nitrogen and oxygen atoms in total. The number of nitrogens with one attached hydrogen (secondary N) is 1. The van der Waals surface area contributed by atoms with Crippen LogP contribution in [0.5, 0.6) is 11.5 Å². The first kappa shape index (κ1) is 25.9. The average molecular weight is 539 g/mol. The zero-order valence-electron chi connectivity index (χ0n) is 23.0. The highest BCUT2D eigenvalue weighted by molar-refractivity contribution is 5.83. The number of benzene rings is 3. The first-order valence-corrected chi connectivity index (χ1v) is 13.5. The van der Waals surface area contributed by atoms with Gasteiger partial charge in [0.15, 0.2) is 0 Å². The van der Waals surface area contributed by atoms with E-state index < -0.39 is 0 Å². The van der Waals surface area contributed by atoms with Gasteiger partial charge in [0.25, 0.3) is 0 Å². The van der Waals surface area contributed by atoms with Crippen LogP contribution in [0.1, 0.15) is 33.8 Å². The molecule has 202 valence electrons. The molecule has 3 heterocycles. The number of nitrogens with zero attached hydrogens (tertiary/aromatic N) is 3. The normalized spacial score (nSPS) is 11.6. The van der Waals surface area contributed by atoms with E-state index in [1.165, 1.54) is 5.39 Å². The number of rotatable bonds is 9. The van der Waals surface area contributed by atoms with Gasteiger partial charge in [-0.15, -0.1) is 0 Å². The van der Waals surface area contributed by atoms with Crippen molar-refractivity contribution in [3.63, 3.8) is 0 Å². The number of aryl methyl sites for hydroxylation is 1. The van der Waals surface area contributed by atoms with Crippen LogP contribution in [0.3, 0.4) is 0 Å². The van der Waals surface area contributed by atoms with Crippen molar-refractivity contribution in [2.75, 3.05) is 7.11 Å². The molecule has 0 bridgehead atoms. The largest absolute Gasteiger partial charge is 0.496 e. The highest BCUT2D eigenvalue weighted by Crippen LogP contribution is 2.28. The maximum Gasteiger partial charge on any atom is 0.130 e. The molecule has 0 radical (unpaired) electrons. The molecule has 6 heteroatoms. The number of pyridine rings is 1. The fraction of sp³-hybridized carbons (Fsp3) is 0.0857. The van der Waals surface area contributed by atoms with Gasteiger partial charge < -0.3 is 14.5 Å². The number of H-pyrrole nitrogens is 1. The Labute approximate surface area is 239 Å². The summed E-state index contributed by atoms with van der Waals surface area (Å²) in [4.78, 5) is 7.60. The molecular formula is C35H30N4O2. The number of aromatic amines is 1. The van der Waals surface area contributed by atoms with Crippen LogP contribution < -0.4 is 9.47 Å². The lowest BCUT2D eigenvalue weighted by molar-refractivity contribution is 0.299. The number of aromatic nitrogens is 4. The van der Waals surface area contributed by atoms with Gasteiger partial charge in [-0.05, 0) is 90.2 Å². The van der Waals surface area contributed by atoms with Gasteiger partial charge in [0.05, 0.1) is 29.9 Å². The SMILES string of the molecule is COc1cc(OCc2ccccn2)ccc1/C=C/c1cc(/C=C/c2ccc3cc[nH]c3c2)n(-c2ccccc2C)n1. The molecule has 0 aliphatic carbocycles. The molecule has 41 heavy (non-hydrogen) atoms. The lowest BCUT2D eigenvalue weighted by Crippen LogP contribution is -2.01. The van der Waals surface area contributed by atoms with Crippen LogP contribution in [0.25, 0.3) is 40.9 Å². The van der Waals surface area contributed by atoms with Crippen molar-refractivity contribution in [3.05, 3.63) is 137 Å². The van der Waals surface area contributed by atoms with Gasteiger partial charge in [-0.1, -0.05) is 42.5 Å². The number of fused-ring (bicyclic) bond motifs is 1. The molecule has 0 saturated heterocycles. The van der Waals surface area contributed by atoms with Crippen LogP contribution in [0.4, 0.5) is 0 Å². The molecule has 3 aromatic heterocycles. The maximum atomic E-state index is 5.92. The third-order valence-electron chi connectivity index (χ3n) is 6.88. The van der Waals surface area contributed by atoms with E-state index in [-0.39, 0.29) is 0 Å². The summed E-state index contributed by atoms with van der Waals surface area (Å²) in [7, 11) is 1.66. The third-order valence-corrected chi connectivity index (χ3v) is 6.88. The standard InChI is InChI=1S/C35H30N4O2/c1-25-7-3-4-9-34(25)39-31(16-11-26-10-12-27-18-20-37-33(27)21-26)22-29(38-39)15-13-28-14-17-32(23-35(28)40-2)41-24-30-8-5-6-19-36-30/h3-23,37H,24H2,1-2H3/b15-13+,16-11+. The predicted octanol–water partition coefficient (Wildman–Crippen LogP) is 7.99. The van der Waals surface area contributed by atoms with Crippen LogP contribution >= 0.6 is 0 Å². The van der Waals surface area contributed by atoms with Crippen LogP contribution in [0.15, 0.2) is 103 Å². The molecule has 6 rings (SSSR count). The maximum absolute atomic E-state index is 5.92. The van der Waals surface area contributed by atoms with Gasteiger partial charge in [0, 0.05) is 29.5 Å². The zero-order valence-corrected chi connectivity index (χ0v) is 23.0. The Hall–Kier alpha value is -5.36. The van der Waals surface area contributed by atoms with Crippen LogP contribution in [0, 0.1) is 6.92 Å². The summed E-state index contributed by atoms with van der Waals surface area (Å²) >= 11 is 0. The summed E-state index contributed by atoms with van der Waals surface area (Å²) < 4.78 is 13.6. The van der Waals surface area contributed by atoms with Gasteiger partial charge in [-0.3, -0.25) is 4.98 Å². The third kappa shape index (κ3) is 5.97. The fourth-order valence-corrected chi connectivity index (χ4v) is 4.69. The van der Waals surface area contributed by atoms with Crippen molar-refractivity contribution in [1.29, 1.82) is 0 Å². The Bertz CT molecular complexity index is 1850. The topological polar surface area (TPSA) is 65.0 Å². The van der Waals surface area contributed by atoms with Crippen LogP contribution in [0.2, 0.25) is 0 Å². The molecule has 0 fully saturated rings. The summed E-state index contributed by atoms with van der Waals surface area (Å²) in [5, 5.41) is 6.14. The zero-order chi connectivity index (χ0) is 28.0.